The number of likely N-dealkylation sites (tertiary alicyclic amines) is 1. The fourth-order valence-electron chi connectivity index (χ4n) is 3.73. The van der Waals surface area contributed by atoms with Crippen molar-refractivity contribution in [2.45, 2.75) is 57.7 Å². The molecule has 2 aliphatic heterocycles. The van der Waals surface area contributed by atoms with Crippen LogP contribution >= 0.6 is 24.0 Å². The molecule has 154 valence electrons. The van der Waals surface area contributed by atoms with Gasteiger partial charge in [-0.1, -0.05) is 0 Å². The summed E-state index contributed by atoms with van der Waals surface area (Å²) in [5.41, 5.74) is 0. The van der Waals surface area contributed by atoms with Crippen molar-refractivity contribution >= 4 is 29.9 Å². The summed E-state index contributed by atoms with van der Waals surface area (Å²) >= 11 is 0. The molecule has 0 saturated carbocycles. The van der Waals surface area contributed by atoms with Crippen LogP contribution in [0.25, 0.3) is 0 Å². The minimum absolute atomic E-state index is 0. The number of unbranched alkanes of at least 4 members (excludes halogenated alkanes) is 1. The van der Waals surface area contributed by atoms with Crippen molar-refractivity contribution in [2.75, 3.05) is 40.3 Å². The van der Waals surface area contributed by atoms with Gasteiger partial charge >= 0.3 is 0 Å². The van der Waals surface area contributed by atoms with E-state index in [1.807, 2.05) is 11.7 Å². The van der Waals surface area contributed by atoms with Crippen LogP contribution in [0.2, 0.25) is 0 Å². The Balaban J connectivity index is 0.00000261. The molecule has 1 atom stereocenters. The molecule has 3 heterocycles. The van der Waals surface area contributed by atoms with E-state index in [0.29, 0.717) is 12.6 Å². The number of methoxy groups -OCH3 is 1. The number of ether oxygens (including phenoxy) is 1. The van der Waals surface area contributed by atoms with E-state index in [-0.39, 0.29) is 24.0 Å². The van der Waals surface area contributed by atoms with Crippen molar-refractivity contribution in [1.29, 1.82) is 0 Å². The zero-order valence-electron chi connectivity index (χ0n) is 16.6. The van der Waals surface area contributed by atoms with E-state index in [2.05, 4.69) is 30.6 Å². The predicted octanol–water partition coefficient (Wildman–Crippen LogP) is 1.40. The van der Waals surface area contributed by atoms with Crippen LogP contribution in [0.15, 0.2) is 4.99 Å². The van der Waals surface area contributed by atoms with Crippen molar-refractivity contribution < 1.29 is 4.74 Å². The first-order chi connectivity index (χ1) is 12.8. The standard InChI is InChI=1S/C18H33N7O.HI/c1-19-18(20-9-3-4-10-24-11-5-6-12-24)21-15-7-8-17-22-16(14-26-2)23-25(17)13-15;/h15H,3-14H2,1-2H3,(H2,19,20,21);1H. The third kappa shape index (κ3) is 6.86. The Hall–Kier alpha value is -0.940. The highest BCUT2D eigenvalue weighted by Crippen LogP contribution is 2.13. The second-order valence-electron chi connectivity index (χ2n) is 7.19. The molecule has 2 aliphatic rings. The number of aryl methyl sites for hydroxylation is 1. The molecule has 1 unspecified atom stereocenters. The van der Waals surface area contributed by atoms with Gasteiger partial charge in [0.05, 0.1) is 6.54 Å². The average Bonchev–Trinajstić information content (AvgIpc) is 3.29. The number of aliphatic imine (C=N–C) groups is 1. The van der Waals surface area contributed by atoms with Crippen molar-refractivity contribution in [1.82, 2.24) is 30.3 Å². The summed E-state index contributed by atoms with van der Waals surface area (Å²) in [4.78, 5) is 11.5. The molecule has 0 aliphatic carbocycles. The van der Waals surface area contributed by atoms with Crippen LogP contribution in [0.5, 0.6) is 0 Å². The highest BCUT2D eigenvalue weighted by atomic mass is 127. The molecule has 1 aromatic heterocycles. The van der Waals surface area contributed by atoms with Gasteiger partial charge in [0.15, 0.2) is 11.8 Å². The number of hydrogen-bond acceptors (Lipinski definition) is 5. The van der Waals surface area contributed by atoms with Crippen LogP contribution in [0.3, 0.4) is 0 Å². The lowest BCUT2D eigenvalue weighted by atomic mass is 10.1. The summed E-state index contributed by atoms with van der Waals surface area (Å²) in [6.07, 6.45) is 7.14. The first-order valence-corrected chi connectivity index (χ1v) is 9.89. The summed E-state index contributed by atoms with van der Waals surface area (Å²) in [6, 6.07) is 0.329. The van der Waals surface area contributed by atoms with E-state index in [0.717, 1.165) is 43.5 Å². The summed E-state index contributed by atoms with van der Waals surface area (Å²) < 4.78 is 7.12. The molecular weight excluding hydrogens is 457 g/mol. The number of aromatic nitrogens is 3. The molecule has 27 heavy (non-hydrogen) atoms. The van der Waals surface area contributed by atoms with E-state index in [9.17, 15) is 0 Å². The lowest BCUT2D eigenvalue weighted by Crippen LogP contribution is -2.47. The fourth-order valence-corrected chi connectivity index (χ4v) is 3.73. The lowest BCUT2D eigenvalue weighted by Gasteiger charge is -2.25. The van der Waals surface area contributed by atoms with Gasteiger partial charge in [-0.25, -0.2) is 9.67 Å². The highest BCUT2D eigenvalue weighted by molar-refractivity contribution is 14.0. The lowest BCUT2D eigenvalue weighted by molar-refractivity contribution is 0.177. The molecule has 0 bridgehead atoms. The molecule has 0 spiro atoms. The second kappa shape index (κ2) is 11.8. The summed E-state index contributed by atoms with van der Waals surface area (Å²) in [5.74, 6) is 2.71. The quantitative estimate of drug-likeness (QED) is 0.248. The van der Waals surface area contributed by atoms with Gasteiger partial charge in [0.1, 0.15) is 12.4 Å². The van der Waals surface area contributed by atoms with Crippen LogP contribution in [-0.2, 0) is 24.3 Å². The van der Waals surface area contributed by atoms with E-state index in [1.165, 1.54) is 45.3 Å². The number of halogens is 1. The predicted molar refractivity (Wildman–Crippen MR) is 118 cm³/mol. The minimum atomic E-state index is 0. The van der Waals surface area contributed by atoms with Crippen molar-refractivity contribution in [3.8, 4) is 0 Å². The Morgan fingerprint density at radius 3 is 2.85 bits per heavy atom. The van der Waals surface area contributed by atoms with Gasteiger partial charge < -0.3 is 20.3 Å². The highest BCUT2D eigenvalue weighted by Gasteiger charge is 2.22. The maximum Gasteiger partial charge on any atom is 0.191 e. The Bertz CT molecular complexity index is 586. The minimum Gasteiger partial charge on any atom is -0.377 e. The topological polar surface area (TPSA) is 79.6 Å². The van der Waals surface area contributed by atoms with Crippen LogP contribution in [-0.4, -0.2) is 72.0 Å². The first-order valence-electron chi connectivity index (χ1n) is 9.89. The number of nitrogens with one attached hydrogen (secondary N) is 2. The number of fused-ring (bicyclic) bond motifs is 1. The van der Waals surface area contributed by atoms with Crippen molar-refractivity contribution in [3.05, 3.63) is 11.6 Å². The van der Waals surface area contributed by atoms with E-state index in [1.54, 1.807) is 7.11 Å². The summed E-state index contributed by atoms with van der Waals surface area (Å²) in [7, 11) is 3.51. The van der Waals surface area contributed by atoms with E-state index >= 15 is 0 Å². The summed E-state index contributed by atoms with van der Waals surface area (Å²) in [6.45, 7) is 6.06. The van der Waals surface area contributed by atoms with Gasteiger partial charge in [-0.3, -0.25) is 4.99 Å². The van der Waals surface area contributed by atoms with Gasteiger partial charge in [-0.15, -0.1) is 24.0 Å². The molecule has 1 fully saturated rings. The van der Waals surface area contributed by atoms with Crippen molar-refractivity contribution in [3.63, 3.8) is 0 Å². The number of nitrogens with zero attached hydrogens (tertiary/aromatic N) is 5. The van der Waals surface area contributed by atoms with Crippen LogP contribution in [0.1, 0.15) is 43.8 Å². The van der Waals surface area contributed by atoms with Crippen LogP contribution in [0.4, 0.5) is 0 Å². The molecule has 2 N–H and O–H groups in total. The normalized spacial score (nSPS) is 20.2. The van der Waals surface area contributed by atoms with Gasteiger partial charge in [0.2, 0.25) is 0 Å². The van der Waals surface area contributed by atoms with E-state index < -0.39 is 0 Å². The summed E-state index contributed by atoms with van der Waals surface area (Å²) in [5, 5.41) is 11.5. The first kappa shape index (κ1) is 22.4. The number of rotatable bonds is 8. The second-order valence-corrected chi connectivity index (χ2v) is 7.19. The van der Waals surface area contributed by atoms with Crippen LogP contribution < -0.4 is 10.6 Å². The Morgan fingerprint density at radius 2 is 2.11 bits per heavy atom. The molecule has 1 saturated heterocycles. The monoisotopic (exact) mass is 491 g/mol. The average molecular weight is 491 g/mol. The molecule has 3 rings (SSSR count). The smallest absolute Gasteiger partial charge is 0.191 e. The molecule has 0 amide bonds. The molecule has 1 aromatic rings. The molecule has 9 heteroatoms. The fraction of sp³-hybridized carbons (Fsp3) is 0.833. The largest absolute Gasteiger partial charge is 0.377 e. The van der Waals surface area contributed by atoms with Gasteiger partial charge in [0, 0.05) is 33.2 Å². The van der Waals surface area contributed by atoms with Crippen molar-refractivity contribution in [2.24, 2.45) is 4.99 Å². The van der Waals surface area contributed by atoms with Crippen LogP contribution in [0, 0.1) is 0 Å². The SMILES string of the molecule is CN=C(NCCCCN1CCCC1)NC1CCc2nc(COC)nn2C1.I. The maximum absolute atomic E-state index is 5.12. The third-order valence-corrected chi connectivity index (χ3v) is 5.13. The zero-order valence-corrected chi connectivity index (χ0v) is 18.9. The Labute approximate surface area is 179 Å². The zero-order chi connectivity index (χ0) is 18.2. The number of guanidine groups is 1. The molecule has 8 nitrogen and oxygen atoms in total. The third-order valence-electron chi connectivity index (χ3n) is 5.13. The Morgan fingerprint density at radius 1 is 1.30 bits per heavy atom. The maximum atomic E-state index is 5.12. The number of hydrogen-bond donors (Lipinski definition) is 2. The Kier molecular flexibility index (Phi) is 9.77. The van der Waals surface area contributed by atoms with E-state index in [4.69, 9.17) is 4.74 Å². The molecule has 0 radical (unpaired) electrons. The van der Waals surface area contributed by atoms with Gasteiger partial charge in [-0.05, 0) is 51.7 Å². The van der Waals surface area contributed by atoms with Gasteiger partial charge in [0.25, 0.3) is 0 Å². The van der Waals surface area contributed by atoms with Gasteiger partial charge in [-0.2, -0.15) is 5.10 Å². The molecular formula is C18H34IN7O. The molecule has 0 aromatic carbocycles.